The zero-order valence-corrected chi connectivity index (χ0v) is 22.0. The molecule has 11 heteroatoms. The number of guanidine groups is 1. The average Bonchev–Trinajstić information content (AvgIpc) is 2.97. The van der Waals surface area contributed by atoms with Gasteiger partial charge in [-0.25, -0.2) is 14.6 Å². The molecule has 1 aliphatic heterocycles. The van der Waals surface area contributed by atoms with Crippen LogP contribution in [-0.4, -0.2) is 73.0 Å². The molecule has 3 aromatic carbocycles. The van der Waals surface area contributed by atoms with Crippen LogP contribution < -0.4 is 21.5 Å². The lowest BCUT2D eigenvalue weighted by Gasteiger charge is -2.34. The maximum absolute atomic E-state index is 13.0. The quantitative estimate of drug-likeness (QED) is 0.161. The summed E-state index contributed by atoms with van der Waals surface area (Å²) in [5, 5.41) is 2.76. The molecule has 3 aromatic rings. The first-order chi connectivity index (χ1) is 19.4. The predicted octanol–water partition coefficient (Wildman–Crippen LogP) is 2.49. The third-order valence-electron chi connectivity index (χ3n) is 6.24. The summed E-state index contributed by atoms with van der Waals surface area (Å²) in [6.45, 7) is 3.90. The van der Waals surface area contributed by atoms with Gasteiger partial charge < -0.3 is 31.2 Å². The van der Waals surface area contributed by atoms with Crippen LogP contribution in [0.4, 0.5) is 10.5 Å². The van der Waals surface area contributed by atoms with Gasteiger partial charge in [0.1, 0.15) is 12.4 Å². The van der Waals surface area contributed by atoms with Crippen molar-refractivity contribution in [2.24, 2.45) is 16.5 Å². The molecule has 0 spiro atoms. The Hall–Kier alpha value is -4.90. The van der Waals surface area contributed by atoms with Gasteiger partial charge in [0.15, 0.2) is 5.96 Å². The number of nitrogens with one attached hydrogen (secondary N) is 1. The maximum atomic E-state index is 13.0. The van der Waals surface area contributed by atoms with Gasteiger partial charge in [0.2, 0.25) is 0 Å². The van der Waals surface area contributed by atoms with Crippen LogP contribution in [0.15, 0.2) is 83.9 Å². The van der Waals surface area contributed by atoms with Crippen LogP contribution in [-0.2, 0) is 11.3 Å². The Kier molecular flexibility index (Phi) is 9.67. The van der Waals surface area contributed by atoms with Crippen molar-refractivity contribution >= 4 is 29.6 Å². The van der Waals surface area contributed by atoms with Crippen molar-refractivity contribution in [2.45, 2.75) is 6.61 Å². The second kappa shape index (κ2) is 13.8. The van der Waals surface area contributed by atoms with E-state index >= 15 is 0 Å². The van der Waals surface area contributed by atoms with Gasteiger partial charge in [-0.3, -0.25) is 9.69 Å². The molecule has 0 bridgehead atoms. The Morgan fingerprint density at radius 1 is 0.825 bits per heavy atom. The van der Waals surface area contributed by atoms with Crippen LogP contribution in [0.5, 0.6) is 5.75 Å². The van der Waals surface area contributed by atoms with Crippen LogP contribution in [0.1, 0.15) is 26.3 Å². The number of hydrogen-bond acceptors (Lipinski definition) is 7. The fourth-order valence-electron chi connectivity index (χ4n) is 4.10. The second-order valence-electron chi connectivity index (χ2n) is 9.12. The van der Waals surface area contributed by atoms with E-state index in [4.69, 9.17) is 20.9 Å². The number of piperazine rings is 1. The van der Waals surface area contributed by atoms with E-state index < -0.39 is 12.1 Å². The minimum absolute atomic E-state index is 0.0712. The van der Waals surface area contributed by atoms with Crippen molar-refractivity contribution in [3.05, 3.63) is 95.6 Å². The van der Waals surface area contributed by atoms with Crippen LogP contribution in [0.3, 0.4) is 0 Å². The molecule has 1 heterocycles. The number of carbonyl (C=O) groups excluding carboxylic acids is 3. The molecule has 0 aliphatic carbocycles. The Morgan fingerprint density at radius 2 is 1.48 bits per heavy atom. The molecule has 2 amide bonds. The lowest BCUT2D eigenvalue weighted by molar-refractivity contribution is 0.0638. The molecule has 0 atom stereocenters. The zero-order valence-electron chi connectivity index (χ0n) is 22.0. The van der Waals surface area contributed by atoms with Crippen LogP contribution in [0, 0.1) is 0 Å². The average molecular weight is 545 g/mol. The molecule has 11 nitrogen and oxygen atoms in total. The molecular formula is C29H32N6O5. The van der Waals surface area contributed by atoms with Crippen LogP contribution in [0.25, 0.3) is 0 Å². The summed E-state index contributed by atoms with van der Waals surface area (Å²) in [5.74, 6) is -0.367. The van der Waals surface area contributed by atoms with Gasteiger partial charge >= 0.3 is 12.1 Å². The van der Waals surface area contributed by atoms with Crippen molar-refractivity contribution in [3.8, 4) is 5.75 Å². The first-order valence-corrected chi connectivity index (χ1v) is 12.9. The number of ether oxygens (including phenoxy) is 2. The summed E-state index contributed by atoms with van der Waals surface area (Å²) in [6.07, 6.45) is -0.451. The highest BCUT2D eigenvalue weighted by Gasteiger charge is 2.22. The largest absolute Gasteiger partial charge is 0.445 e. The summed E-state index contributed by atoms with van der Waals surface area (Å²) >= 11 is 0. The van der Waals surface area contributed by atoms with E-state index in [9.17, 15) is 14.4 Å². The fraction of sp³-hybridized carbons (Fsp3) is 0.241. The topological polar surface area (TPSA) is 153 Å². The van der Waals surface area contributed by atoms with Gasteiger partial charge in [-0.1, -0.05) is 30.3 Å². The van der Waals surface area contributed by atoms with E-state index in [1.165, 1.54) is 0 Å². The number of rotatable bonds is 9. The smallest absolute Gasteiger partial charge is 0.407 e. The van der Waals surface area contributed by atoms with E-state index in [0.717, 1.165) is 5.56 Å². The molecule has 0 saturated carbocycles. The van der Waals surface area contributed by atoms with E-state index in [0.29, 0.717) is 61.8 Å². The van der Waals surface area contributed by atoms with Gasteiger partial charge in [0.25, 0.3) is 5.91 Å². The monoisotopic (exact) mass is 544 g/mol. The number of hydrogen-bond donors (Lipinski definition) is 3. The number of benzene rings is 3. The number of carbonyl (C=O) groups is 3. The summed E-state index contributed by atoms with van der Waals surface area (Å²) in [5.41, 5.74) is 13.0. The molecule has 4 rings (SSSR count). The van der Waals surface area contributed by atoms with E-state index in [1.54, 1.807) is 53.4 Å². The molecule has 1 fully saturated rings. The zero-order chi connectivity index (χ0) is 28.3. The Balaban J connectivity index is 1.17. The molecule has 1 saturated heterocycles. The van der Waals surface area contributed by atoms with Gasteiger partial charge in [0, 0.05) is 44.8 Å². The van der Waals surface area contributed by atoms with Gasteiger partial charge in [-0.05, 0) is 54.1 Å². The first-order valence-electron chi connectivity index (χ1n) is 12.9. The third kappa shape index (κ3) is 8.30. The molecule has 208 valence electrons. The summed E-state index contributed by atoms with van der Waals surface area (Å²) in [6, 6.07) is 22.3. The van der Waals surface area contributed by atoms with E-state index in [-0.39, 0.29) is 18.5 Å². The lowest BCUT2D eigenvalue weighted by Crippen LogP contribution is -2.50. The molecule has 0 aromatic heterocycles. The SMILES string of the molecule is NC(N)=Nc1ccc(C(=O)Oc2ccc(C(=O)N3CCN(CCNC(=O)OCc4ccccc4)CC3)cc2)cc1. The van der Waals surface area contributed by atoms with Crippen molar-refractivity contribution in [3.63, 3.8) is 0 Å². The third-order valence-corrected chi connectivity index (χ3v) is 6.24. The number of nitrogens with zero attached hydrogens (tertiary/aromatic N) is 3. The number of amides is 2. The highest BCUT2D eigenvalue weighted by Crippen LogP contribution is 2.18. The summed E-state index contributed by atoms with van der Waals surface area (Å²) in [7, 11) is 0. The van der Waals surface area contributed by atoms with E-state index in [2.05, 4.69) is 15.2 Å². The van der Waals surface area contributed by atoms with Crippen LogP contribution in [0.2, 0.25) is 0 Å². The second-order valence-corrected chi connectivity index (χ2v) is 9.12. The Morgan fingerprint density at radius 3 is 2.12 bits per heavy atom. The molecule has 40 heavy (non-hydrogen) atoms. The predicted molar refractivity (Wildman–Crippen MR) is 150 cm³/mol. The molecule has 5 N–H and O–H groups in total. The number of aliphatic imine (C=N–C) groups is 1. The van der Waals surface area contributed by atoms with Gasteiger partial charge in [-0.2, -0.15) is 0 Å². The van der Waals surface area contributed by atoms with Crippen molar-refractivity contribution in [1.29, 1.82) is 0 Å². The number of esters is 1. The van der Waals surface area contributed by atoms with Crippen LogP contribution >= 0.6 is 0 Å². The molecule has 0 unspecified atom stereocenters. The first kappa shape index (κ1) is 28.1. The number of alkyl carbamates (subject to hydrolysis) is 1. The number of nitrogens with two attached hydrogens (primary N) is 2. The lowest BCUT2D eigenvalue weighted by atomic mass is 10.1. The summed E-state index contributed by atoms with van der Waals surface area (Å²) in [4.78, 5) is 45.2. The molecular weight excluding hydrogens is 512 g/mol. The normalized spacial score (nSPS) is 13.2. The maximum Gasteiger partial charge on any atom is 0.407 e. The fourth-order valence-corrected chi connectivity index (χ4v) is 4.10. The Bertz CT molecular complexity index is 1320. The van der Waals surface area contributed by atoms with Crippen molar-refractivity contribution < 1.29 is 23.9 Å². The van der Waals surface area contributed by atoms with Gasteiger partial charge in [-0.15, -0.1) is 0 Å². The van der Waals surface area contributed by atoms with Gasteiger partial charge in [0.05, 0.1) is 11.3 Å². The highest BCUT2D eigenvalue weighted by molar-refractivity contribution is 5.95. The van der Waals surface area contributed by atoms with Crippen molar-refractivity contribution in [2.75, 3.05) is 39.3 Å². The minimum Gasteiger partial charge on any atom is -0.445 e. The Labute approximate surface area is 232 Å². The molecule has 1 aliphatic rings. The highest BCUT2D eigenvalue weighted by atomic mass is 16.5. The molecule has 0 radical (unpaired) electrons. The minimum atomic E-state index is -0.537. The standard InChI is InChI=1S/C29H32N6O5/c30-28(31)33-24-10-6-23(7-11-24)27(37)40-25-12-8-22(9-13-25)26(36)35-18-16-34(17-19-35)15-14-32-29(38)39-20-21-4-2-1-3-5-21/h1-13H,14-20H2,(H,32,38)(H4,30,31,33). The van der Waals surface area contributed by atoms with Crippen molar-refractivity contribution in [1.82, 2.24) is 15.1 Å². The van der Waals surface area contributed by atoms with E-state index in [1.807, 2.05) is 30.3 Å². The summed E-state index contributed by atoms with van der Waals surface area (Å²) < 4.78 is 10.6.